The summed E-state index contributed by atoms with van der Waals surface area (Å²) in [6.45, 7) is 4.52. The first-order chi connectivity index (χ1) is 11.3. The summed E-state index contributed by atoms with van der Waals surface area (Å²) in [6, 6.07) is 7.31. The van der Waals surface area contributed by atoms with Gasteiger partial charge in [0.05, 0.1) is 26.4 Å². The summed E-state index contributed by atoms with van der Waals surface area (Å²) in [7, 11) is 1.64. The Labute approximate surface area is 135 Å². The lowest BCUT2D eigenvalue weighted by Gasteiger charge is -2.25. The number of nitrogens with two attached hydrogens (primary N) is 1. The van der Waals surface area contributed by atoms with Gasteiger partial charge in [0.2, 0.25) is 0 Å². The number of H-pyrrole nitrogens is 1. The molecule has 0 spiro atoms. The lowest BCUT2D eigenvalue weighted by molar-refractivity contribution is 0.0382. The van der Waals surface area contributed by atoms with E-state index in [9.17, 15) is 0 Å². The van der Waals surface area contributed by atoms with Crippen LogP contribution in [0.1, 0.15) is 23.3 Å². The molecule has 1 aliphatic rings. The predicted octanol–water partition coefficient (Wildman–Crippen LogP) is 0.736. The average molecular weight is 317 g/mol. The molecule has 0 radical (unpaired) electrons. The second kappa shape index (κ2) is 7.54. The molecule has 0 amide bonds. The molecule has 2 heterocycles. The smallest absolute Gasteiger partial charge is 0.171 e. The van der Waals surface area contributed by atoms with Crippen molar-refractivity contribution in [1.29, 1.82) is 0 Å². The van der Waals surface area contributed by atoms with Gasteiger partial charge in [-0.25, -0.2) is 4.98 Å². The molecule has 124 valence electrons. The number of benzene rings is 1. The van der Waals surface area contributed by atoms with Crippen LogP contribution in [0.5, 0.6) is 5.75 Å². The average Bonchev–Trinajstić information content (AvgIpc) is 3.09. The highest BCUT2D eigenvalue weighted by Crippen LogP contribution is 2.21. The lowest BCUT2D eigenvalue weighted by Crippen LogP contribution is -2.37. The van der Waals surface area contributed by atoms with Gasteiger partial charge in [-0.1, -0.05) is 12.1 Å². The molecule has 3 N–H and O–H groups in total. The Balaban J connectivity index is 1.61. The molecule has 0 unspecified atom stereocenters. The molecule has 1 atom stereocenters. The number of ether oxygens (including phenoxy) is 2. The largest absolute Gasteiger partial charge is 0.497 e. The minimum absolute atomic E-state index is 0.363. The van der Waals surface area contributed by atoms with Crippen molar-refractivity contribution in [1.82, 2.24) is 20.1 Å². The zero-order valence-electron chi connectivity index (χ0n) is 13.4. The number of nitrogens with one attached hydrogen (secondary N) is 1. The van der Waals surface area contributed by atoms with Crippen LogP contribution in [0.3, 0.4) is 0 Å². The van der Waals surface area contributed by atoms with Gasteiger partial charge in [-0.05, 0) is 17.7 Å². The van der Waals surface area contributed by atoms with Crippen molar-refractivity contribution in [3.63, 3.8) is 0 Å². The number of nitrogens with zero attached hydrogens (tertiary/aromatic N) is 3. The van der Waals surface area contributed by atoms with E-state index in [-0.39, 0.29) is 6.04 Å². The third-order valence-electron chi connectivity index (χ3n) is 4.05. The SMILES string of the molecule is COc1cccc([C@@H](N)c2n[nH]c(CCN3CCOCC3)n2)c1. The third-order valence-corrected chi connectivity index (χ3v) is 4.05. The van der Waals surface area contributed by atoms with Gasteiger partial charge in [0.15, 0.2) is 5.82 Å². The monoisotopic (exact) mass is 317 g/mol. The van der Waals surface area contributed by atoms with Gasteiger partial charge < -0.3 is 15.2 Å². The van der Waals surface area contributed by atoms with Crippen LogP contribution in [0.15, 0.2) is 24.3 Å². The first-order valence-corrected chi connectivity index (χ1v) is 7.87. The molecule has 1 aromatic carbocycles. The summed E-state index contributed by atoms with van der Waals surface area (Å²) in [5.74, 6) is 2.25. The first-order valence-electron chi connectivity index (χ1n) is 7.87. The molecule has 1 aliphatic heterocycles. The number of aromatic amines is 1. The quantitative estimate of drug-likeness (QED) is 0.817. The standard InChI is InChI=1S/C16H23N5O2/c1-22-13-4-2-3-12(11-13)15(17)16-18-14(19-20-16)5-6-21-7-9-23-10-8-21/h2-4,11,15H,5-10,17H2,1H3,(H,18,19,20)/t15-/m1/s1. The van der Waals surface area contributed by atoms with Crippen molar-refractivity contribution in [3.05, 3.63) is 41.5 Å². The van der Waals surface area contributed by atoms with E-state index in [4.69, 9.17) is 15.2 Å². The topological polar surface area (TPSA) is 89.3 Å². The summed E-state index contributed by atoms with van der Waals surface area (Å²) < 4.78 is 10.6. The number of rotatable bonds is 6. The minimum atomic E-state index is -0.363. The second-order valence-electron chi connectivity index (χ2n) is 5.60. The van der Waals surface area contributed by atoms with Crippen LogP contribution in [0.4, 0.5) is 0 Å². The Morgan fingerprint density at radius 3 is 3.00 bits per heavy atom. The van der Waals surface area contributed by atoms with E-state index in [1.54, 1.807) is 7.11 Å². The fourth-order valence-corrected chi connectivity index (χ4v) is 2.63. The van der Waals surface area contributed by atoms with Gasteiger partial charge in [0, 0.05) is 26.1 Å². The van der Waals surface area contributed by atoms with Crippen LogP contribution in [-0.4, -0.2) is 60.0 Å². The van der Waals surface area contributed by atoms with Crippen molar-refractivity contribution >= 4 is 0 Å². The van der Waals surface area contributed by atoms with Gasteiger partial charge in [0.1, 0.15) is 11.6 Å². The fourth-order valence-electron chi connectivity index (χ4n) is 2.63. The van der Waals surface area contributed by atoms with Crippen molar-refractivity contribution < 1.29 is 9.47 Å². The van der Waals surface area contributed by atoms with Gasteiger partial charge in [-0.2, -0.15) is 5.10 Å². The second-order valence-corrected chi connectivity index (χ2v) is 5.60. The normalized spacial score (nSPS) is 17.1. The number of hydrogen-bond donors (Lipinski definition) is 2. The maximum Gasteiger partial charge on any atom is 0.171 e. The third kappa shape index (κ3) is 4.07. The van der Waals surface area contributed by atoms with Crippen LogP contribution >= 0.6 is 0 Å². The molecule has 2 aromatic rings. The van der Waals surface area contributed by atoms with E-state index in [1.165, 1.54) is 0 Å². The Hall–Kier alpha value is -1.96. The minimum Gasteiger partial charge on any atom is -0.497 e. The van der Waals surface area contributed by atoms with E-state index in [2.05, 4.69) is 20.1 Å². The molecule has 7 nitrogen and oxygen atoms in total. The molecule has 1 aromatic heterocycles. The molecule has 1 saturated heterocycles. The van der Waals surface area contributed by atoms with Crippen molar-refractivity contribution in [2.75, 3.05) is 40.0 Å². The van der Waals surface area contributed by atoms with Crippen LogP contribution in [0, 0.1) is 0 Å². The molecule has 0 saturated carbocycles. The number of morpholine rings is 1. The summed E-state index contributed by atoms with van der Waals surface area (Å²) in [5, 5.41) is 7.26. The highest BCUT2D eigenvalue weighted by molar-refractivity contribution is 5.32. The van der Waals surface area contributed by atoms with E-state index in [0.29, 0.717) is 5.82 Å². The van der Waals surface area contributed by atoms with Crippen molar-refractivity contribution in [3.8, 4) is 5.75 Å². The van der Waals surface area contributed by atoms with Crippen molar-refractivity contribution in [2.45, 2.75) is 12.5 Å². The summed E-state index contributed by atoms with van der Waals surface area (Å²) in [5.41, 5.74) is 7.20. The zero-order valence-corrected chi connectivity index (χ0v) is 13.4. The Morgan fingerprint density at radius 1 is 1.39 bits per heavy atom. The molecule has 0 bridgehead atoms. The van der Waals surface area contributed by atoms with Crippen LogP contribution in [0.2, 0.25) is 0 Å². The predicted molar refractivity (Wildman–Crippen MR) is 86.4 cm³/mol. The summed E-state index contributed by atoms with van der Waals surface area (Å²) in [6.07, 6.45) is 0.831. The number of hydrogen-bond acceptors (Lipinski definition) is 6. The Bertz CT molecular complexity index is 624. The first kappa shape index (κ1) is 15.9. The molecule has 7 heteroatoms. The van der Waals surface area contributed by atoms with Gasteiger partial charge in [-0.15, -0.1) is 0 Å². The number of aromatic nitrogens is 3. The molecular formula is C16H23N5O2. The maximum atomic E-state index is 6.26. The van der Waals surface area contributed by atoms with Gasteiger partial charge in [-0.3, -0.25) is 10.00 Å². The van der Waals surface area contributed by atoms with Crippen LogP contribution < -0.4 is 10.5 Å². The van der Waals surface area contributed by atoms with Crippen LogP contribution in [0.25, 0.3) is 0 Å². The highest BCUT2D eigenvalue weighted by Gasteiger charge is 2.16. The van der Waals surface area contributed by atoms with E-state index in [1.807, 2.05) is 24.3 Å². The Kier molecular flexibility index (Phi) is 5.22. The van der Waals surface area contributed by atoms with Crippen LogP contribution in [-0.2, 0) is 11.2 Å². The fraction of sp³-hybridized carbons (Fsp3) is 0.500. The highest BCUT2D eigenvalue weighted by atomic mass is 16.5. The van der Waals surface area contributed by atoms with Gasteiger partial charge in [0.25, 0.3) is 0 Å². The Morgan fingerprint density at radius 2 is 2.22 bits per heavy atom. The van der Waals surface area contributed by atoms with E-state index >= 15 is 0 Å². The lowest BCUT2D eigenvalue weighted by atomic mass is 10.1. The zero-order chi connectivity index (χ0) is 16.1. The maximum absolute atomic E-state index is 6.26. The molecule has 0 aliphatic carbocycles. The summed E-state index contributed by atoms with van der Waals surface area (Å²) >= 11 is 0. The number of methoxy groups -OCH3 is 1. The molecular weight excluding hydrogens is 294 g/mol. The van der Waals surface area contributed by atoms with Crippen molar-refractivity contribution in [2.24, 2.45) is 5.73 Å². The summed E-state index contributed by atoms with van der Waals surface area (Å²) in [4.78, 5) is 6.90. The van der Waals surface area contributed by atoms with E-state index < -0.39 is 0 Å². The van der Waals surface area contributed by atoms with E-state index in [0.717, 1.165) is 56.4 Å². The molecule has 1 fully saturated rings. The van der Waals surface area contributed by atoms with Gasteiger partial charge >= 0.3 is 0 Å². The molecule has 23 heavy (non-hydrogen) atoms. The molecule has 3 rings (SSSR count).